The Morgan fingerprint density at radius 3 is 2.21 bits per heavy atom. The minimum Gasteiger partial charge on any atom is -0.504 e. The van der Waals surface area contributed by atoms with Gasteiger partial charge in [0, 0.05) is 10.6 Å². The largest absolute Gasteiger partial charge is 0.504 e. The molecule has 5 nitrogen and oxygen atoms in total. The molecule has 0 saturated carbocycles. The van der Waals surface area contributed by atoms with Gasteiger partial charge in [-0.05, 0) is 36.4 Å². The minimum absolute atomic E-state index is 0.134. The molecule has 0 unspecified atom stereocenters. The molecule has 0 saturated heterocycles. The van der Waals surface area contributed by atoms with Crippen molar-refractivity contribution in [1.82, 2.24) is 0 Å². The van der Waals surface area contributed by atoms with Gasteiger partial charge in [0.2, 0.25) is 5.75 Å². The topological polar surface area (TPSA) is 89.8 Å². The van der Waals surface area contributed by atoms with E-state index in [1.807, 2.05) is 0 Å². The maximum atomic E-state index is 11.9. The number of thiol groups is 1. The first kappa shape index (κ1) is 13.1. The van der Waals surface area contributed by atoms with Crippen LogP contribution in [-0.2, 0) is 0 Å². The van der Waals surface area contributed by atoms with E-state index in [2.05, 4.69) is 17.9 Å². The standard InChI is InChI=1S/C13H11NO4S/c15-10-6-5-9(11(16)12(10)17)13(18)14-7-1-3-8(19)4-2-7/h1-6,15-17,19H,(H,14,18). The fourth-order valence-corrected chi connectivity index (χ4v) is 1.64. The van der Waals surface area contributed by atoms with Gasteiger partial charge in [0.1, 0.15) is 0 Å². The summed E-state index contributed by atoms with van der Waals surface area (Å²) >= 11 is 4.12. The molecule has 0 spiro atoms. The van der Waals surface area contributed by atoms with E-state index in [9.17, 15) is 20.1 Å². The van der Waals surface area contributed by atoms with Gasteiger partial charge in [0.15, 0.2) is 11.5 Å². The highest BCUT2D eigenvalue weighted by Gasteiger charge is 2.17. The summed E-state index contributed by atoms with van der Waals surface area (Å²) in [4.78, 5) is 12.7. The molecule has 6 heteroatoms. The fourth-order valence-electron chi connectivity index (χ4n) is 1.50. The normalized spacial score (nSPS) is 10.2. The highest BCUT2D eigenvalue weighted by molar-refractivity contribution is 7.80. The van der Waals surface area contributed by atoms with Crippen molar-refractivity contribution in [1.29, 1.82) is 0 Å². The lowest BCUT2D eigenvalue weighted by Gasteiger charge is -2.08. The summed E-state index contributed by atoms with van der Waals surface area (Å²) in [5.74, 6) is -2.48. The van der Waals surface area contributed by atoms with Gasteiger partial charge >= 0.3 is 0 Å². The third-order valence-corrected chi connectivity index (χ3v) is 2.80. The summed E-state index contributed by atoms with van der Waals surface area (Å²) in [5, 5.41) is 30.7. The van der Waals surface area contributed by atoms with Crippen LogP contribution in [0.15, 0.2) is 41.3 Å². The molecule has 0 radical (unpaired) electrons. The number of phenolic OH excluding ortho intramolecular Hbond substituents is 3. The first-order chi connectivity index (χ1) is 8.99. The first-order valence-corrected chi connectivity index (χ1v) is 5.78. The van der Waals surface area contributed by atoms with Gasteiger partial charge in [-0.2, -0.15) is 0 Å². The van der Waals surface area contributed by atoms with E-state index in [1.54, 1.807) is 24.3 Å². The van der Waals surface area contributed by atoms with Crippen LogP contribution in [0.2, 0.25) is 0 Å². The number of nitrogens with one attached hydrogen (secondary N) is 1. The van der Waals surface area contributed by atoms with E-state index < -0.39 is 23.2 Å². The zero-order chi connectivity index (χ0) is 14.0. The van der Waals surface area contributed by atoms with E-state index in [4.69, 9.17) is 0 Å². The Balaban J connectivity index is 2.25. The van der Waals surface area contributed by atoms with Gasteiger partial charge in [-0.15, -0.1) is 12.6 Å². The number of amides is 1. The first-order valence-electron chi connectivity index (χ1n) is 5.33. The Kier molecular flexibility index (Phi) is 3.52. The van der Waals surface area contributed by atoms with Crippen LogP contribution in [0.5, 0.6) is 17.2 Å². The molecule has 19 heavy (non-hydrogen) atoms. The van der Waals surface area contributed by atoms with Crippen LogP contribution in [0.4, 0.5) is 5.69 Å². The molecular formula is C13H11NO4S. The molecule has 1 amide bonds. The molecule has 0 bridgehead atoms. The van der Waals surface area contributed by atoms with Crippen molar-refractivity contribution in [3.8, 4) is 17.2 Å². The average molecular weight is 277 g/mol. The summed E-state index contributed by atoms with van der Waals surface area (Å²) in [6.45, 7) is 0. The van der Waals surface area contributed by atoms with Crippen LogP contribution in [0.1, 0.15) is 10.4 Å². The van der Waals surface area contributed by atoms with Crippen LogP contribution < -0.4 is 5.32 Å². The van der Waals surface area contributed by atoms with Crippen molar-refractivity contribution >= 4 is 24.2 Å². The molecule has 0 atom stereocenters. The summed E-state index contributed by atoms with van der Waals surface area (Å²) in [5.41, 5.74) is 0.389. The van der Waals surface area contributed by atoms with Crippen molar-refractivity contribution < 1.29 is 20.1 Å². The third-order valence-electron chi connectivity index (χ3n) is 2.50. The molecule has 98 valence electrons. The Labute approximate surface area is 114 Å². The molecule has 0 aliphatic rings. The van der Waals surface area contributed by atoms with Crippen molar-refractivity contribution in [2.75, 3.05) is 5.32 Å². The highest BCUT2D eigenvalue weighted by atomic mass is 32.1. The lowest BCUT2D eigenvalue weighted by Crippen LogP contribution is -2.11. The number of aromatic hydroxyl groups is 3. The minimum atomic E-state index is -0.724. The maximum Gasteiger partial charge on any atom is 0.259 e. The quantitative estimate of drug-likeness (QED) is 0.430. The Morgan fingerprint density at radius 2 is 1.58 bits per heavy atom. The maximum absolute atomic E-state index is 11.9. The van der Waals surface area contributed by atoms with Crippen molar-refractivity contribution in [3.05, 3.63) is 42.0 Å². The lowest BCUT2D eigenvalue weighted by molar-refractivity contribution is 0.102. The average Bonchev–Trinajstić information content (AvgIpc) is 2.39. The molecule has 0 aliphatic heterocycles. The zero-order valence-corrected chi connectivity index (χ0v) is 10.6. The summed E-state index contributed by atoms with van der Waals surface area (Å²) in [7, 11) is 0. The Hall–Kier alpha value is -2.34. The second-order valence-corrected chi connectivity index (χ2v) is 4.35. The molecule has 2 rings (SSSR count). The van der Waals surface area contributed by atoms with Crippen LogP contribution in [0.3, 0.4) is 0 Å². The number of anilines is 1. The number of phenols is 3. The Morgan fingerprint density at radius 1 is 0.947 bits per heavy atom. The third kappa shape index (κ3) is 2.74. The molecule has 0 fully saturated rings. The number of hydrogen-bond acceptors (Lipinski definition) is 5. The van der Waals surface area contributed by atoms with E-state index in [-0.39, 0.29) is 5.56 Å². The second-order valence-electron chi connectivity index (χ2n) is 3.83. The molecule has 0 aliphatic carbocycles. The lowest BCUT2D eigenvalue weighted by atomic mass is 10.1. The van der Waals surface area contributed by atoms with Crippen LogP contribution in [0.25, 0.3) is 0 Å². The summed E-state index contributed by atoms with van der Waals surface area (Å²) < 4.78 is 0. The van der Waals surface area contributed by atoms with Gasteiger partial charge in [-0.25, -0.2) is 0 Å². The number of benzene rings is 2. The van der Waals surface area contributed by atoms with E-state index in [0.29, 0.717) is 5.69 Å². The van der Waals surface area contributed by atoms with Gasteiger partial charge in [-0.1, -0.05) is 0 Å². The number of rotatable bonds is 2. The van der Waals surface area contributed by atoms with E-state index in [1.165, 1.54) is 6.07 Å². The zero-order valence-electron chi connectivity index (χ0n) is 9.66. The van der Waals surface area contributed by atoms with Crippen molar-refractivity contribution in [2.24, 2.45) is 0 Å². The SMILES string of the molecule is O=C(Nc1ccc(S)cc1)c1ccc(O)c(O)c1O. The number of hydrogen-bond donors (Lipinski definition) is 5. The van der Waals surface area contributed by atoms with Gasteiger partial charge in [-0.3, -0.25) is 4.79 Å². The number of carbonyl (C=O) groups excluding carboxylic acids is 1. The van der Waals surface area contributed by atoms with Gasteiger partial charge in [0.05, 0.1) is 5.56 Å². The predicted octanol–water partition coefficient (Wildman–Crippen LogP) is 2.34. The molecule has 2 aromatic carbocycles. The van der Waals surface area contributed by atoms with E-state index >= 15 is 0 Å². The summed E-state index contributed by atoms with van der Waals surface area (Å²) in [6.07, 6.45) is 0. The number of carbonyl (C=O) groups is 1. The van der Waals surface area contributed by atoms with Gasteiger partial charge < -0.3 is 20.6 Å². The molecule has 2 aromatic rings. The van der Waals surface area contributed by atoms with Crippen LogP contribution in [-0.4, -0.2) is 21.2 Å². The monoisotopic (exact) mass is 277 g/mol. The molecule has 0 heterocycles. The Bertz CT molecular complexity index is 625. The molecule has 0 aromatic heterocycles. The van der Waals surface area contributed by atoms with Crippen molar-refractivity contribution in [3.63, 3.8) is 0 Å². The fraction of sp³-hybridized carbons (Fsp3) is 0. The molecular weight excluding hydrogens is 266 g/mol. The van der Waals surface area contributed by atoms with Crippen LogP contribution >= 0.6 is 12.6 Å². The summed E-state index contributed by atoms with van der Waals surface area (Å²) in [6, 6.07) is 9.04. The second kappa shape index (κ2) is 5.11. The van der Waals surface area contributed by atoms with Crippen LogP contribution in [0, 0.1) is 0 Å². The smallest absolute Gasteiger partial charge is 0.259 e. The van der Waals surface area contributed by atoms with Crippen molar-refractivity contribution in [2.45, 2.75) is 4.90 Å². The highest BCUT2D eigenvalue weighted by Crippen LogP contribution is 2.37. The van der Waals surface area contributed by atoms with Gasteiger partial charge in [0.25, 0.3) is 5.91 Å². The molecule has 4 N–H and O–H groups in total. The predicted molar refractivity (Wildman–Crippen MR) is 73.1 cm³/mol. The van der Waals surface area contributed by atoms with E-state index in [0.717, 1.165) is 11.0 Å².